The number of phenolic OH excluding ortho intramolecular Hbond substituents is 1. The number of hydrogen-bond acceptors (Lipinski definition) is 5. The van der Waals surface area contributed by atoms with Gasteiger partial charge in [0.2, 0.25) is 0 Å². The number of ether oxygens (including phenoxy) is 1. The molecule has 1 aromatic heterocycles. The molecule has 140 valence electrons. The number of anilines is 1. The summed E-state index contributed by atoms with van der Waals surface area (Å²) < 4.78 is 6.85. The lowest BCUT2D eigenvalue weighted by Crippen LogP contribution is -2.37. The van der Waals surface area contributed by atoms with Gasteiger partial charge in [-0.1, -0.05) is 18.2 Å². The number of benzene rings is 1. The molecule has 8 heteroatoms. The molecule has 0 saturated heterocycles. The van der Waals surface area contributed by atoms with Crippen LogP contribution in [0.1, 0.15) is 43.7 Å². The minimum atomic E-state index is -1.25. The van der Waals surface area contributed by atoms with Crippen molar-refractivity contribution in [2.45, 2.75) is 46.4 Å². The van der Waals surface area contributed by atoms with Crippen LogP contribution in [0.3, 0.4) is 0 Å². The summed E-state index contributed by atoms with van der Waals surface area (Å²) in [4.78, 5) is 25.5. The fourth-order valence-electron chi connectivity index (χ4n) is 2.30. The number of aromatic nitrogens is 2. The number of carbonyl (C=O) groups is 2. The monoisotopic (exact) mass is 361 g/mol. The van der Waals surface area contributed by atoms with Gasteiger partial charge in [-0.2, -0.15) is 5.10 Å². The Balaban J connectivity index is 2.50. The first-order valence-electron chi connectivity index (χ1n) is 8.20. The molecule has 0 saturated carbocycles. The molecule has 2 aromatic rings. The predicted molar refractivity (Wildman–Crippen MR) is 95.4 cm³/mol. The summed E-state index contributed by atoms with van der Waals surface area (Å²) >= 11 is 0. The molecule has 26 heavy (non-hydrogen) atoms. The number of phenols is 1. The first-order valence-corrected chi connectivity index (χ1v) is 8.20. The van der Waals surface area contributed by atoms with Crippen molar-refractivity contribution in [1.82, 2.24) is 9.78 Å². The van der Waals surface area contributed by atoms with Gasteiger partial charge in [-0.05, 0) is 33.8 Å². The van der Waals surface area contributed by atoms with Crippen LogP contribution < -0.4 is 4.90 Å². The number of rotatable bonds is 5. The van der Waals surface area contributed by atoms with Crippen LogP contribution in [0.2, 0.25) is 0 Å². The zero-order valence-corrected chi connectivity index (χ0v) is 15.3. The van der Waals surface area contributed by atoms with E-state index in [1.54, 1.807) is 39.0 Å². The van der Waals surface area contributed by atoms with Crippen LogP contribution in [-0.4, -0.2) is 37.7 Å². The van der Waals surface area contributed by atoms with E-state index < -0.39 is 17.7 Å². The topological polar surface area (TPSA) is 105 Å². The summed E-state index contributed by atoms with van der Waals surface area (Å²) in [5.74, 6) is -1.25. The van der Waals surface area contributed by atoms with Crippen molar-refractivity contribution < 1.29 is 24.5 Å². The van der Waals surface area contributed by atoms with Crippen LogP contribution in [0, 0.1) is 0 Å². The molecular weight excluding hydrogens is 338 g/mol. The van der Waals surface area contributed by atoms with E-state index in [2.05, 4.69) is 5.10 Å². The van der Waals surface area contributed by atoms with Crippen molar-refractivity contribution in [3.05, 3.63) is 41.7 Å². The number of aromatic hydroxyl groups is 1. The van der Waals surface area contributed by atoms with Crippen molar-refractivity contribution >= 4 is 17.7 Å². The van der Waals surface area contributed by atoms with Crippen LogP contribution in [0.15, 0.2) is 30.5 Å². The Hall–Kier alpha value is -3.03. The van der Waals surface area contributed by atoms with Crippen LogP contribution in [-0.2, 0) is 17.8 Å². The quantitative estimate of drug-likeness (QED) is 0.847. The number of para-hydroxylation sites is 1. The normalized spacial score (nSPS) is 11.2. The molecule has 1 heterocycles. The Morgan fingerprint density at radius 3 is 2.46 bits per heavy atom. The average Bonchev–Trinajstić information content (AvgIpc) is 2.96. The lowest BCUT2D eigenvalue weighted by atomic mass is 10.1. The Kier molecular flexibility index (Phi) is 5.54. The van der Waals surface area contributed by atoms with E-state index >= 15 is 0 Å². The maximum absolute atomic E-state index is 12.7. The summed E-state index contributed by atoms with van der Waals surface area (Å²) in [6.07, 6.45) is 0.756. The molecule has 2 N–H and O–H groups in total. The molecule has 0 spiro atoms. The molecule has 0 unspecified atom stereocenters. The Labute approximate surface area is 151 Å². The summed E-state index contributed by atoms with van der Waals surface area (Å²) in [5, 5.41) is 23.5. The molecular formula is C18H23N3O5. The van der Waals surface area contributed by atoms with E-state index in [0.717, 1.165) is 0 Å². The van der Waals surface area contributed by atoms with Crippen LogP contribution >= 0.6 is 0 Å². The van der Waals surface area contributed by atoms with Gasteiger partial charge in [-0.15, -0.1) is 0 Å². The fourth-order valence-corrected chi connectivity index (χ4v) is 2.30. The second-order valence-corrected chi connectivity index (χ2v) is 6.72. The number of aromatic carboxylic acids is 1. The van der Waals surface area contributed by atoms with Gasteiger partial charge in [0, 0.05) is 18.3 Å². The second kappa shape index (κ2) is 7.47. The van der Waals surface area contributed by atoms with Gasteiger partial charge < -0.3 is 14.9 Å². The van der Waals surface area contributed by atoms with Gasteiger partial charge in [0.1, 0.15) is 17.0 Å². The summed E-state index contributed by atoms with van der Waals surface area (Å²) in [7, 11) is 0. The average molecular weight is 361 g/mol. The molecule has 1 aromatic carbocycles. The number of carboxylic acid groups (broad SMARTS) is 1. The first-order chi connectivity index (χ1) is 12.1. The lowest BCUT2D eigenvalue weighted by molar-refractivity contribution is 0.0577. The van der Waals surface area contributed by atoms with Crippen molar-refractivity contribution in [2.75, 3.05) is 4.90 Å². The summed E-state index contributed by atoms with van der Waals surface area (Å²) in [6.45, 7) is 7.35. The fraction of sp³-hybridized carbons (Fsp3) is 0.389. The number of carbonyl (C=O) groups excluding carboxylic acids is 1. The van der Waals surface area contributed by atoms with E-state index in [-0.39, 0.29) is 23.7 Å². The Bertz CT molecular complexity index is 807. The lowest BCUT2D eigenvalue weighted by Gasteiger charge is -2.27. The van der Waals surface area contributed by atoms with Gasteiger partial charge in [-0.3, -0.25) is 9.58 Å². The molecule has 0 aliphatic rings. The van der Waals surface area contributed by atoms with E-state index in [1.807, 2.05) is 6.92 Å². The molecule has 0 bridgehead atoms. The highest BCUT2D eigenvalue weighted by Crippen LogP contribution is 2.27. The molecule has 8 nitrogen and oxygen atoms in total. The van der Waals surface area contributed by atoms with E-state index in [4.69, 9.17) is 4.74 Å². The van der Waals surface area contributed by atoms with Gasteiger partial charge in [-0.25, -0.2) is 9.59 Å². The third-order valence-electron chi connectivity index (χ3n) is 3.49. The Morgan fingerprint density at radius 1 is 1.27 bits per heavy atom. The summed E-state index contributed by atoms with van der Waals surface area (Å²) in [6, 6.07) is 6.53. The number of amides is 1. The summed E-state index contributed by atoms with van der Waals surface area (Å²) in [5.41, 5.74) is -0.456. The standard InChI is InChI=1S/C18H23N3O5/c1-5-20-11-13(15(19-20)16(23)24)21(17(25)26-18(2,3)4)10-12-8-6-7-9-14(12)22/h6-9,11,22H,5,10H2,1-4H3,(H,23,24). The number of carboxylic acids is 1. The maximum atomic E-state index is 12.7. The van der Waals surface area contributed by atoms with Crippen molar-refractivity contribution in [2.24, 2.45) is 0 Å². The van der Waals surface area contributed by atoms with Crippen molar-refractivity contribution in [1.29, 1.82) is 0 Å². The minimum Gasteiger partial charge on any atom is -0.508 e. The molecule has 0 aliphatic heterocycles. The largest absolute Gasteiger partial charge is 0.508 e. The molecule has 1 amide bonds. The predicted octanol–water partition coefficient (Wildman–Crippen LogP) is 3.25. The molecule has 0 atom stereocenters. The molecule has 0 aliphatic carbocycles. The van der Waals surface area contributed by atoms with Crippen LogP contribution in [0.25, 0.3) is 0 Å². The minimum absolute atomic E-state index is 0.000757. The van der Waals surface area contributed by atoms with Gasteiger partial charge in [0.25, 0.3) is 0 Å². The van der Waals surface area contributed by atoms with Gasteiger partial charge in [0.05, 0.1) is 6.54 Å². The second-order valence-electron chi connectivity index (χ2n) is 6.72. The molecule has 0 fully saturated rings. The van der Waals surface area contributed by atoms with E-state index in [0.29, 0.717) is 12.1 Å². The zero-order chi connectivity index (χ0) is 19.5. The molecule has 2 rings (SSSR count). The van der Waals surface area contributed by atoms with Crippen LogP contribution in [0.4, 0.5) is 10.5 Å². The number of nitrogens with zero attached hydrogens (tertiary/aromatic N) is 3. The third-order valence-corrected chi connectivity index (χ3v) is 3.49. The van der Waals surface area contributed by atoms with E-state index in [1.165, 1.54) is 21.8 Å². The first kappa shape index (κ1) is 19.3. The van der Waals surface area contributed by atoms with Crippen molar-refractivity contribution in [3.8, 4) is 5.75 Å². The molecule has 0 radical (unpaired) electrons. The highest BCUT2D eigenvalue weighted by molar-refractivity contribution is 5.98. The zero-order valence-electron chi connectivity index (χ0n) is 15.3. The highest BCUT2D eigenvalue weighted by Gasteiger charge is 2.29. The van der Waals surface area contributed by atoms with Crippen LogP contribution in [0.5, 0.6) is 5.75 Å². The van der Waals surface area contributed by atoms with Gasteiger partial charge in [0.15, 0.2) is 5.69 Å². The Morgan fingerprint density at radius 2 is 1.92 bits per heavy atom. The smallest absolute Gasteiger partial charge is 0.415 e. The van der Waals surface area contributed by atoms with Crippen molar-refractivity contribution in [3.63, 3.8) is 0 Å². The van der Waals surface area contributed by atoms with Gasteiger partial charge >= 0.3 is 12.1 Å². The highest BCUT2D eigenvalue weighted by atomic mass is 16.6. The number of aryl methyl sites for hydroxylation is 1. The maximum Gasteiger partial charge on any atom is 0.415 e. The van der Waals surface area contributed by atoms with E-state index in [9.17, 15) is 19.8 Å². The third kappa shape index (κ3) is 4.53. The SMILES string of the molecule is CCn1cc(N(Cc2ccccc2O)C(=O)OC(C)(C)C)c(C(=O)O)n1. The number of hydrogen-bond donors (Lipinski definition) is 2.